The van der Waals surface area contributed by atoms with Crippen molar-refractivity contribution in [3.63, 3.8) is 0 Å². The fourth-order valence-corrected chi connectivity index (χ4v) is 2.01. The lowest BCUT2D eigenvalue weighted by atomic mass is 10.1. The van der Waals surface area contributed by atoms with Gasteiger partial charge in [-0.3, -0.25) is 4.98 Å². The summed E-state index contributed by atoms with van der Waals surface area (Å²) < 4.78 is 1.81. The predicted octanol–water partition coefficient (Wildman–Crippen LogP) is 2.23. The number of hydrogen-bond donors (Lipinski definition) is 1. The molecule has 0 saturated carbocycles. The monoisotopic (exact) mass is 263 g/mol. The molecule has 2 aromatic heterocycles. The van der Waals surface area contributed by atoms with E-state index < -0.39 is 0 Å². The summed E-state index contributed by atoms with van der Waals surface area (Å²) in [7, 11) is 0. The number of para-hydroxylation sites is 1. The Kier molecular flexibility index (Phi) is 3.24. The largest absolute Gasteiger partial charge is 0.323 e. The van der Waals surface area contributed by atoms with Crippen LogP contribution in [0, 0.1) is 0 Å². The van der Waals surface area contributed by atoms with E-state index in [0.29, 0.717) is 0 Å². The third kappa shape index (κ3) is 2.29. The summed E-state index contributed by atoms with van der Waals surface area (Å²) >= 11 is 0. The normalized spacial score (nSPS) is 11.0. The summed E-state index contributed by atoms with van der Waals surface area (Å²) in [5.74, 6) is 5.28. The maximum Gasteiger partial charge on any atom is 0.102 e. The molecule has 3 rings (SSSR count). The van der Waals surface area contributed by atoms with E-state index in [9.17, 15) is 0 Å². The maximum atomic E-state index is 5.28. The highest BCUT2D eigenvalue weighted by atomic mass is 15.3. The minimum absolute atomic E-state index is 0.824. The Morgan fingerprint density at radius 3 is 2.50 bits per heavy atom. The van der Waals surface area contributed by atoms with Gasteiger partial charge in [-0.2, -0.15) is 10.2 Å². The fraction of sp³-hybridized carbons (Fsp3) is 0. The summed E-state index contributed by atoms with van der Waals surface area (Å²) in [6.45, 7) is 0. The number of benzene rings is 1. The highest BCUT2D eigenvalue weighted by Gasteiger charge is 2.10. The van der Waals surface area contributed by atoms with Gasteiger partial charge in [-0.15, -0.1) is 0 Å². The Morgan fingerprint density at radius 2 is 1.80 bits per heavy atom. The number of rotatable bonds is 3. The SMILES string of the molecule is N/N=C\c1cn(-c2ccccc2)nc1-c1ccncc1. The van der Waals surface area contributed by atoms with Crippen LogP contribution in [0.4, 0.5) is 0 Å². The molecule has 2 heterocycles. The Hall–Kier alpha value is -2.95. The van der Waals surface area contributed by atoms with Crippen LogP contribution in [-0.4, -0.2) is 21.0 Å². The molecule has 98 valence electrons. The number of nitrogens with two attached hydrogens (primary N) is 1. The Morgan fingerprint density at radius 1 is 1.05 bits per heavy atom. The van der Waals surface area contributed by atoms with Crippen LogP contribution in [0.15, 0.2) is 66.2 Å². The molecule has 20 heavy (non-hydrogen) atoms. The van der Waals surface area contributed by atoms with Gasteiger partial charge in [0.05, 0.1) is 11.9 Å². The van der Waals surface area contributed by atoms with E-state index >= 15 is 0 Å². The van der Waals surface area contributed by atoms with Gasteiger partial charge < -0.3 is 5.84 Å². The number of pyridine rings is 1. The van der Waals surface area contributed by atoms with E-state index in [1.54, 1.807) is 18.6 Å². The first-order valence-corrected chi connectivity index (χ1v) is 6.17. The standard InChI is InChI=1S/C15H13N5/c16-18-10-13-11-20(14-4-2-1-3-5-14)19-15(13)12-6-8-17-9-7-12/h1-11H,16H2/b18-10-. The second kappa shape index (κ2) is 5.36. The zero-order chi connectivity index (χ0) is 13.8. The molecule has 5 nitrogen and oxygen atoms in total. The Balaban J connectivity index is 2.13. The van der Waals surface area contributed by atoms with Crippen LogP contribution in [0.25, 0.3) is 16.9 Å². The summed E-state index contributed by atoms with van der Waals surface area (Å²) in [6.07, 6.45) is 6.98. The molecule has 2 N–H and O–H groups in total. The molecular weight excluding hydrogens is 250 g/mol. The highest BCUT2D eigenvalue weighted by Crippen LogP contribution is 2.21. The van der Waals surface area contributed by atoms with Gasteiger partial charge >= 0.3 is 0 Å². The number of hydrogen-bond acceptors (Lipinski definition) is 4. The van der Waals surface area contributed by atoms with Crippen molar-refractivity contribution >= 4 is 6.21 Å². The average molecular weight is 263 g/mol. The molecule has 0 saturated heterocycles. The average Bonchev–Trinajstić information content (AvgIpc) is 2.94. The molecule has 3 aromatic rings. The van der Waals surface area contributed by atoms with Crippen molar-refractivity contribution in [1.29, 1.82) is 0 Å². The highest BCUT2D eigenvalue weighted by molar-refractivity contribution is 5.88. The molecule has 0 aliphatic heterocycles. The van der Waals surface area contributed by atoms with Crippen molar-refractivity contribution in [3.8, 4) is 16.9 Å². The second-order valence-corrected chi connectivity index (χ2v) is 4.23. The predicted molar refractivity (Wildman–Crippen MR) is 78.6 cm³/mol. The maximum absolute atomic E-state index is 5.28. The first-order valence-electron chi connectivity index (χ1n) is 6.17. The Labute approximate surface area is 116 Å². The molecule has 1 aromatic carbocycles. The van der Waals surface area contributed by atoms with Crippen LogP contribution in [0.3, 0.4) is 0 Å². The van der Waals surface area contributed by atoms with Gasteiger partial charge in [-0.1, -0.05) is 18.2 Å². The van der Waals surface area contributed by atoms with E-state index in [0.717, 1.165) is 22.5 Å². The van der Waals surface area contributed by atoms with Crippen LogP contribution in [0.2, 0.25) is 0 Å². The van der Waals surface area contributed by atoms with Crippen molar-refractivity contribution in [2.45, 2.75) is 0 Å². The number of aromatic nitrogens is 3. The van der Waals surface area contributed by atoms with Crippen LogP contribution in [-0.2, 0) is 0 Å². The van der Waals surface area contributed by atoms with Crippen molar-refractivity contribution in [2.24, 2.45) is 10.9 Å². The van der Waals surface area contributed by atoms with Gasteiger partial charge in [0.25, 0.3) is 0 Å². The van der Waals surface area contributed by atoms with Crippen LogP contribution in [0.1, 0.15) is 5.56 Å². The second-order valence-electron chi connectivity index (χ2n) is 4.23. The summed E-state index contributed by atoms with van der Waals surface area (Å²) in [5.41, 5.74) is 3.65. The summed E-state index contributed by atoms with van der Waals surface area (Å²) in [4.78, 5) is 4.02. The minimum Gasteiger partial charge on any atom is -0.323 e. The molecule has 0 spiro atoms. The van der Waals surface area contributed by atoms with Crippen molar-refractivity contribution in [3.05, 3.63) is 66.6 Å². The van der Waals surface area contributed by atoms with E-state index in [4.69, 9.17) is 5.84 Å². The van der Waals surface area contributed by atoms with E-state index in [1.165, 1.54) is 0 Å². The molecule has 0 aliphatic rings. The van der Waals surface area contributed by atoms with E-state index in [1.807, 2.05) is 53.3 Å². The van der Waals surface area contributed by atoms with E-state index in [-0.39, 0.29) is 0 Å². The molecule has 0 fully saturated rings. The molecule has 5 heteroatoms. The van der Waals surface area contributed by atoms with Crippen LogP contribution >= 0.6 is 0 Å². The molecule has 0 bridgehead atoms. The van der Waals surface area contributed by atoms with Gasteiger partial charge in [-0.25, -0.2) is 4.68 Å². The lowest BCUT2D eigenvalue weighted by Gasteiger charge is -1.99. The van der Waals surface area contributed by atoms with E-state index in [2.05, 4.69) is 15.2 Å². The minimum atomic E-state index is 0.824. The lowest BCUT2D eigenvalue weighted by molar-refractivity contribution is 0.884. The van der Waals surface area contributed by atoms with Gasteiger partial charge in [0.2, 0.25) is 0 Å². The fourth-order valence-electron chi connectivity index (χ4n) is 2.01. The van der Waals surface area contributed by atoms with Crippen molar-refractivity contribution < 1.29 is 0 Å². The van der Waals surface area contributed by atoms with Gasteiger partial charge in [0.1, 0.15) is 5.69 Å². The first kappa shape index (κ1) is 12.1. The van der Waals surface area contributed by atoms with Crippen molar-refractivity contribution in [2.75, 3.05) is 0 Å². The molecule has 0 radical (unpaired) electrons. The van der Waals surface area contributed by atoms with Crippen LogP contribution < -0.4 is 5.84 Å². The van der Waals surface area contributed by atoms with Crippen LogP contribution in [0.5, 0.6) is 0 Å². The smallest absolute Gasteiger partial charge is 0.102 e. The molecular formula is C15H13N5. The summed E-state index contributed by atoms with van der Waals surface area (Å²) in [5, 5.41) is 8.22. The quantitative estimate of drug-likeness (QED) is 0.447. The number of nitrogens with zero attached hydrogens (tertiary/aromatic N) is 4. The topological polar surface area (TPSA) is 69.1 Å². The van der Waals surface area contributed by atoms with Gasteiger partial charge in [0, 0.05) is 29.7 Å². The molecule has 0 unspecified atom stereocenters. The first-order chi connectivity index (χ1) is 9.88. The zero-order valence-electron chi connectivity index (χ0n) is 10.7. The summed E-state index contributed by atoms with van der Waals surface area (Å²) in [6, 6.07) is 13.7. The third-order valence-electron chi connectivity index (χ3n) is 2.93. The zero-order valence-corrected chi connectivity index (χ0v) is 10.7. The Bertz CT molecular complexity index is 717. The van der Waals surface area contributed by atoms with Gasteiger partial charge in [-0.05, 0) is 24.3 Å². The lowest BCUT2D eigenvalue weighted by Crippen LogP contribution is -1.93. The molecule has 0 amide bonds. The molecule has 0 atom stereocenters. The third-order valence-corrected chi connectivity index (χ3v) is 2.93. The molecule has 0 aliphatic carbocycles. The number of hydrazone groups is 1. The van der Waals surface area contributed by atoms with Gasteiger partial charge in [0.15, 0.2) is 0 Å². The van der Waals surface area contributed by atoms with Crippen molar-refractivity contribution in [1.82, 2.24) is 14.8 Å².